The van der Waals surface area contributed by atoms with Gasteiger partial charge in [-0.15, -0.1) is 0 Å². The van der Waals surface area contributed by atoms with Crippen molar-refractivity contribution in [1.29, 1.82) is 0 Å². The zero-order valence-corrected chi connectivity index (χ0v) is 9.71. The molecule has 13 heavy (non-hydrogen) atoms. The Morgan fingerprint density at radius 3 is 1.92 bits per heavy atom. The molecule has 0 aromatic heterocycles. The van der Waals surface area contributed by atoms with E-state index in [1.54, 1.807) is 0 Å². The number of hydrogen-bond acceptors (Lipinski definition) is 1. The van der Waals surface area contributed by atoms with E-state index >= 15 is 0 Å². The molecule has 0 spiro atoms. The first-order chi connectivity index (χ1) is 6.33. The quantitative estimate of drug-likeness (QED) is 0.603. The van der Waals surface area contributed by atoms with Gasteiger partial charge in [0, 0.05) is 12.1 Å². The lowest BCUT2D eigenvalue weighted by atomic mass is 9.74. The second kappa shape index (κ2) is 4.99. The lowest BCUT2D eigenvalue weighted by molar-refractivity contribution is 0.00689. The molecule has 2 aliphatic heterocycles. The normalized spacial score (nSPS) is 38.3. The van der Waals surface area contributed by atoms with E-state index in [4.69, 9.17) is 0 Å². The Morgan fingerprint density at radius 1 is 1.08 bits per heavy atom. The van der Waals surface area contributed by atoms with Crippen molar-refractivity contribution in [1.82, 2.24) is 4.90 Å². The van der Waals surface area contributed by atoms with Crippen molar-refractivity contribution in [2.75, 3.05) is 7.05 Å². The number of hydrogen-bond donors (Lipinski definition) is 0. The fraction of sp³-hybridized carbons (Fsp3) is 1.00. The first kappa shape index (κ1) is 11.0. The molecule has 2 bridgehead atoms. The highest BCUT2D eigenvalue weighted by atomic mass is 15.2. The maximum atomic E-state index is 2.64. The molecule has 1 nitrogen and oxygen atoms in total. The van der Waals surface area contributed by atoms with Gasteiger partial charge in [-0.2, -0.15) is 0 Å². The minimum Gasteiger partial charge on any atom is -0.300 e. The largest absolute Gasteiger partial charge is 0.300 e. The van der Waals surface area contributed by atoms with E-state index in [1.165, 1.54) is 32.1 Å². The summed E-state index contributed by atoms with van der Waals surface area (Å²) in [5.74, 6) is 1.04. The monoisotopic (exact) mass is 183 g/mol. The number of piperidine rings is 2. The Morgan fingerprint density at radius 2 is 1.62 bits per heavy atom. The first-order valence-electron chi connectivity index (χ1n) is 6.05. The second-order valence-electron chi connectivity index (χ2n) is 4.21. The molecule has 2 heterocycles. The third-order valence-corrected chi connectivity index (χ3v) is 3.80. The third kappa shape index (κ3) is 2.07. The molecule has 1 atom stereocenters. The van der Waals surface area contributed by atoms with Crippen molar-refractivity contribution in [3.05, 3.63) is 0 Å². The van der Waals surface area contributed by atoms with E-state index in [9.17, 15) is 0 Å². The van der Waals surface area contributed by atoms with Crippen LogP contribution in [0.3, 0.4) is 0 Å². The van der Waals surface area contributed by atoms with Gasteiger partial charge < -0.3 is 4.90 Å². The van der Waals surface area contributed by atoms with Crippen LogP contribution >= 0.6 is 0 Å². The molecule has 0 radical (unpaired) electrons. The Kier molecular flexibility index (Phi) is 4.24. The number of nitrogens with zero attached hydrogens (tertiary/aromatic N) is 1. The van der Waals surface area contributed by atoms with Gasteiger partial charge in [0.25, 0.3) is 0 Å². The molecular formula is C12H25N. The minimum atomic E-state index is 0.919. The van der Waals surface area contributed by atoms with Gasteiger partial charge in [-0.1, -0.05) is 20.8 Å². The molecule has 1 heteroatoms. The lowest BCUT2D eigenvalue weighted by Crippen LogP contribution is -2.52. The van der Waals surface area contributed by atoms with Gasteiger partial charge >= 0.3 is 0 Å². The van der Waals surface area contributed by atoms with Crippen molar-refractivity contribution in [2.24, 2.45) is 5.92 Å². The summed E-state index contributed by atoms with van der Waals surface area (Å²) in [5.41, 5.74) is 0. The Labute approximate surface area is 83.5 Å². The molecule has 2 saturated heterocycles. The molecule has 1 unspecified atom stereocenters. The SMILES string of the molecule is CC.CCC1C2CCC(CC2)N1C. The predicted molar refractivity (Wildman–Crippen MR) is 58.9 cm³/mol. The van der Waals surface area contributed by atoms with Gasteiger partial charge in [-0.25, -0.2) is 0 Å². The topological polar surface area (TPSA) is 3.24 Å². The van der Waals surface area contributed by atoms with E-state index in [1.807, 2.05) is 13.8 Å². The van der Waals surface area contributed by atoms with Crippen molar-refractivity contribution in [3.8, 4) is 0 Å². The lowest BCUT2D eigenvalue weighted by Gasteiger charge is -2.49. The van der Waals surface area contributed by atoms with Crippen LogP contribution < -0.4 is 0 Å². The van der Waals surface area contributed by atoms with Gasteiger partial charge in [0.2, 0.25) is 0 Å². The zero-order chi connectivity index (χ0) is 9.84. The van der Waals surface area contributed by atoms with Crippen LogP contribution in [0.5, 0.6) is 0 Å². The average molecular weight is 183 g/mol. The van der Waals surface area contributed by atoms with Crippen molar-refractivity contribution < 1.29 is 0 Å². The van der Waals surface area contributed by atoms with Gasteiger partial charge in [-0.05, 0) is 45.1 Å². The Bertz CT molecular complexity index is 134. The molecule has 3 aliphatic rings. The summed E-state index contributed by atoms with van der Waals surface area (Å²) < 4.78 is 0. The summed E-state index contributed by atoms with van der Waals surface area (Å²) >= 11 is 0. The first-order valence-corrected chi connectivity index (χ1v) is 6.05. The van der Waals surface area contributed by atoms with Gasteiger partial charge in [-0.3, -0.25) is 0 Å². The number of fused-ring (bicyclic) bond motifs is 3. The summed E-state index contributed by atoms with van der Waals surface area (Å²) in [6, 6.07) is 1.85. The minimum absolute atomic E-state index is 0.919. The third-order valence-electron chi connectivity index (χ3n) is 3.80. The summed E-state index contributed by atoms with van der Waals surface area (Å²) in [6.07, 6.45) is 7.31. The Balaban J connectivity index is 0.000000396. The van der Waals surface area contributed by atoms with Crippen LogP contribution in [0.15, 0.2) is 0 Å². The maximum absolute atomic E-state index is 2.64. The van der Waals surface area contributed by atoms with Crippen LogP contribution in [0.1, 0.15) is 52.9 Å². The molecule has 1 aliphatic carbocycles. The highest BCUT2D eigenvalue weighted by Crippen LogP contribution is 2.39. The van der Waals surface area contributed by atoms with Gasteiger partial charge in [0.15, 0.2) is 0 Å². The molecule has 0 amide bonds. The summed E-state index contributed by atoms with van der Waals surface area (Å²) in [5, 5.41) is 0. The molecule has 3 rings (SSSR count). The van der Waals surface area contributed by atoms with Gasteiger partial charge in [0.05, 0.1) is 0 Å². The molecule has 0 N–H and O–H groups in total. The molecule has 1 saturated carbocycles. The molecule has 3 fully saturated rings. The summed E-state index contributed by atoms with van der Waals surface area (Å²) in [6.45, 7) is 6.34. The summed E-state index contributed by atoms with van der Waals surface area (Å²) in [7, 11) is 2.32. The van der Waals surface area contributed by atoms with Crippen molar-refractivity contribution in [2.45, 2.75) is 65.0 Å². The van der Waals surface area contributed by atoms with Crippen molar-refractivity contribution in [3.63, 3.8) is 0 Å². The van der Waals surface area contributed by atoms with E-state index < -0.39 is 0 Å². The van der Waals surface area contributed by atoms with E-state index in [-0.39, 0.29) is 0 Å². The smallest absolute Gasteiger partial charge is 0.0121 e. The van der Waals surface area contributed by atoms with E-state index in [0.717, 1.165) is 18.0 Å². The molecule has 0 aromatic rings. The second-order valence-corrected chi connectivity index (χ2v) is 4.21. The van der Waals surface area contributed by atoms with E-state index in [0.29, 0.717) is 0 Å². The van der Waals surface area contributed by atoms with Crippen molar-refractivity contribution >= 4 is 0 Å². The molecular weight excluding hydrogens is 158 g/mol. The van der Waals surface area contributed by atoms with Crippen LogP contribution in [0.4, 0.5) is 0 Å². The Hall–Kier alpha value is -0.0400. The average Bonchev–Trinajstić information content (AvgIpc) is 2.23. The maximum Gasteiger partial charge on any atom is 0.0121 e. The van der Waals surface area contributed by atoms with Gasteiger partial charge in [0.1, 0.15) is 0 Å². The highest BCUT2D eigenvalue weighted by molar-refractivity contribution is 4.92. The van der Waals surface area contributed by atoms with Crippen LogP contribution in [0, 0.1) is 5.92 Å². The zero-order valence-electron chi connectivity index (χ0n) is 9.71. The molecule has 78 valence electrons. The number of rotatable bonds is 1. The van der Waals surface area contributed by atoms with Crippen LogP contribution in [0.2, 0.25) is 0 Å². The fourth-order valence-electron chi connectivity index (χ4n) is 3.12. The van der Waals surface area contributed by atoms with Crippen LogP contribution in [-0.4, -0.2) is 24.0 Å². The molecule has 0 aromatic carbocycles. The van der Waals surface area contributed by atoms with Crippen LogP contribution in [0.25, 0.3) is 0 Å². The van der Waals surface area contributed by atoms with Crippen LogP contribution in [-0.2, 0) is 0 Å². The predicted octanol–water partition coefficient (Wildman–Crippen LogP) is 3.30. The summed E-state index contributed by atoms with van der Waals surface area (Å²) in [4.78, 5) is 2.64. The van der Waals surface area contributed by atoms with E-state index in [2.05, 4.69) is 18.9 Å². The standard InChI is InChI=1S/C10H19N.C2H6/c1-3-10-8-4-6-9(7-5-8)11(10)2;1-2/h8-10H,3-7H2,1-2H3;1-2H3. The fourth-order valence-corrected chi connectivity index (χ4v) is 3.12. The highest BCUT2D eigenvalue weighted by Gasteiger charge is 2.38.